The predicted molar refractivity (Wildman–Crippen MR) is 68.2 cm³/mol. The molecule has 3 heteroatoms. The number of methoxy groups -OCH3 is 1. The number of hydrogen-bond donors (Lipinski definition) is 0. The molecule has 0 saturated carbocycles. The molecule has 0 aliphatic carbocycles. The van der Waals surface area contributed by atoms with Crippen LogP contribution < -0.4 is 4.90 Å². The molecular weight excluding hydrogens is 214 g/mol. The molecule has 17 heavy (non-hydrogen) atoms. The lowest BCUT2D eigenvalue weighted by atomic mass is 10.0. The number of carbonyl (C=O) groups excluding carboxylic acids is 1. The molecule has 1 atom stereocenters. The zero-order valence-corrected chi connectivity index (χ0v) is 10.5. The van der Waals surface area contributed by atoms with Crippen LogP contribution in [0.3, 0.4) is 0 Å². The molecule has 3 nitrogen and oxygen atoms in total. The van der Waals surface area contributed by atoms with E-state index in [-0.39, 0.29) is 11.9 Å². The Labute approximate surface area is 102 Å². The minimum atomic E-state index is -0.131. The molecule has 2 rings (SSSR count). The standard InChI is InChI=1S/C14H19NO2/c1-11(14(16)17-2)10-15-9-5-7-12-6-3-4-8-13(12)15/h3-4,6,8,11H,5,7,9-10H2,1-2H3. The third kappa shape index (κ3) is 2.60. The lowest BCUT2D eigenvalue weighted by molar-refractivity contribution is -0.144. The van der Waals surface area contributed by atoms with Crippen LogP contribution in [0.15, 0.2) is 24.3 Å². The number of anilines is 1. The first-order valence-electron chi connectivity index (χ1n) is 6.13. The summed E-state index contributed by atoms with van der Waals surface area (Å²) in [5.41, 5.74) is 2.66. The monoisotopic (exact) mass is 233 g/mol. The van der Waals surface area contributed by atoms with E-state index in [0.29, 0.717) is 0 Å². The molecule has 0 spiro atoms. The van der Waals surface area contributed by atoms with Crippen LogP contribution in [0.4, 0.5) is 5.69 Å². The van der Waals surface area contributed by atoms with Gasteiger partial charge in [0.05, 0.1) is 13.0 Å². The fourth-order valence-electron chi connectivity index (χ4n) is 2.41. The van der Waals surface area contributed by atoms with E-state index in [4.69, 9.17) is 4.74 Å². The zero-order valence-electron chi connectivity index (χ0n) is 10.5. The van der Waals surface area contributed by atoms with E-state index >= 15 is 0 Å². The van der Waals surface area contributed by atoms with Crippen molar-refractivity contribution < 1.29 is 9.53 Å². The van der Waals surface area contributed by atoms with E-state index in [1.807, 2.05) is 6.92 Å². The molecule has 1 aliphatic rings. The van der Waals surface area contributed by atoms with Gasteiger partial charge in [-0.05, 0) is 24.5 Å². The van der Waals surface area contributed by atoms with Gasteiger partial charge in [0.1, 0.15) is 0 Å². The first kappa shape index (κ1) is 12.0. The highest BCUT2D eigenvalue weighted by molar-refractivity contribution is 5.73. The Hall–Kier alpha value is -1.51. The summed E-state index contributed by atoms with van der Waals surface area (Å²) >= 11 is 0. The van der Waals surface area contributed by atoms with Gasteiger partial charge >= 0.3 is 5.97 Å². The number of ether oxygens (including phenoxy) is 1. The molecule has 1 aromatic carbocycles. The molecule has 1 aromatic rings. The fourth-order valence-corrected chi connectivity index (χ4v) is 2.41. The van der Waals surface area contributed by atoms with Gasteiger partial charge < -0.3 is 9.64 Å². The minimum absolute atomic E-state index is 0.0776. The highest BCUT2D eigenvalue weighted by atomic mass is 16.5. The summed E-state index contributed by atoms with van der Waals surface area (Å²) in [4.78, 5) is 13.7. The Kier molecular flexibility index (Phi) is 3.67. The lowest BCUT2D eigenvalue weighted by Gasteiger charge is -2.32. The maximum atomic E-state index is 11.4. The summed E-state index contributed by atoms with van der Waals surface area (Å²) < 4.78 is 4.78. The SMILES string of the molecule is COC(=O)C(C)CN1CCCc2ccccc21. The Morgan fingerprint density at radius 1 is 1.47 bits per heavy atom. The van der Waals surface area contributed by atoms with Crippen LogP contribution in [0.2, 0.25) is 0 Å². The Morgan fingerprint density at radius 3 is 3.00 bits per heavy atom. The molecule has 0 N–H and O–H groups in total. The fraction of sp³-hybridized carbons (Fsp3) is 0.500. The molecule has 0 amide bonds. The molecular formula is C14H19NO2. The second kappa shape index (κ2) is 5.21. The van der Waals surface area contributed by atoms with E-state index in [1.54, 1.807) is 0 Å². The zero-order chi connectivity index (χ0) is 12.3. The van der Waals surface area contributed by atoms with Crippen molar-refractivity contribution in [3.63, 3.8) is 0 Å². The highest BCUT2D eigenvalue weighted by Gasteiger charge is 2.21. The van der Waals surface area contributed by atoms with Gasteiger partial charge in [-0.25, -0.2) is 0 Å². The number of rotatable bonds is 3. The van der Waals surface area contributed by atoms with Gasteiger partial charge in [0.2, 0.25) is 0 Å². The van der Waals surface area contributed by atoms with Gasteiger partial charge in [0.15, 0.2) is 0 Å². The van der Waals surface area contributed by atoms with Gasteiger partial charge in [-0.1, -0.05) is 25.1 Å². The summed E-state index contributed by atoms with van der Waals surface area (Å²) in [5.74, 6) is -0.209. The third-order valence-corrected chi connectivity index (χ3v) is 3.30. The first-order chi connectivity index (χ1) is 8.22. The Morgan fingerprint density at radius 2 is 2.24 bits per heavy atom. The third-order valence-electron chi connectivity index (χ3n) is 3.30. The topological polar surface area (TPSA) is 29.5 Å². The van der Waals surface area contributed by atoms with Crippen LogP contribution in [-0.2, 0) is 16.0 Å². The molecule has 0 aromatic heterocycles. The van der Waals surface area contributed by atoms with Gasteiger partial charge in [0, 0.05) is 18.8 Å². The van der Waals surface area contributed by atoms with Crippen molar-refractivity contribution in [2.24, 2.45) is 5.92 Å². The summed E-state index contributed by atoms with van der Waals surface area (Å²) in [6.07, 6.45) is 2.30. The average Bonchev–Trinajstić information content (AvgIpc) is 2.38. The van der Waals surface area contributed by atoms with Crippen molar-refractivity contribution in [2.75, 3.05) is 25.1 Å². The molecule has 0 radical (unpaired) electrons. The van der Waals surface area contributed by atoms with Crippen LogP contribution in [0, 0.1) is 5.92 Å². The molecule has 1 heterocycles. The number of carbonyl (C=O) groups is 1. The van der Waals surface area contributed by atoms with Gasteiger partial charge in [-0.2, -0.15) is 0 Å². The van der Waals surface area contributed by atoms with E-state index in [9.17, 15) is 4.79 Å². The summed E-state index contributed by atoms with van der Waals surface area (Å²) in [6.45, 7) is 3.69. The van der Waals surface area contributed by atoms with Gasteiger partial charge in [0.25, 0.3) is 0 Å². The molecule has 92 valence electrons. The quantitative estimate of drug-likeness (QED) is 0.750. The van der Waals surface area contributed by atoms with Gasteiger partial charge in [-0.15, -0.1) is 0 Å². The number of hydrogen-bond acceptors (Lipinski definition) is 3. The second-order valence-corrected chi connectivity index (χ2v) is 4.60. The summed E-state index contributed by atoms with van der Waals surface area (Å²) in [6, 6.07) is 8.44. The maximum Gasteiger partial charge on any atom is 0.310 e. The Balaban J connectivity index is 2.11. The molecule has 1 unspecified atom stereocenters. The van der Waals surface area contributed by atoms with E-state index in [1.165, 1.54) is 18.4 Å². The highest BCUT2D eigenvalue weighted by Crippen LogP contribution is 2.27. The van der Waals surface area contributed by atoms with Gasteiger partial charge in [-0.3, -0.25) is 4.79 Å². The smallest absolute Gasteiger partial charge is 0.310 e. The number of benzene rings is 1. The number of esters is 1. The van der Waals surface area contributed by atoms with E-state index < -0.39 is 0 Å². The van der Waals surface area contributed by atoms with Crippen molar-refractivity contribution in [1.82, 2.24) is 0 Å². The van der Waals surface area contributed by atoms with Crippen molar-refractivity contribution in [2.45, 2.75) is 19.8 Å². The first-order valence-corrected chi connectivity index (χ1v) is 6.13. The summed E-state index contributed by atoms with van der Waals surface area (Å²) in [7, 11) is 1.45. The van der Waals surface area contributed by atoms with Crippen molar-refractivity contribution in [3.05, 3.63) is 29.8 Å². The number of aryl methyl sites for hydroxylation is 1. The van der Waals surface area contributed by atoms with E-state index in [2.05, 4.69) is 29.2 Å². The van der Waals surface area contributed by atoms with Crippen molar-refractivity contribution in [3.8, 4) is 0 Å². The largest absolute Gasteiger partial charge is 0.469 e. The molecule has 0 bridgehead atoms. The Bertz CT molecular complexity index is 403. The van der Waals surface area contributed by atoms with Crippen LogP contribution in [0.5, 0.6) is 0 Å². The average molecular weight is 233 g/mol. The lowest BCUT2D eigenvalue weighted by Crippen LogP contribution is -2.36. The van der Waals surface area contributed by atoms with Crippen molar-refractivity contribution >= 4 is 11.7 Å². The van der Waals surface area contributed by atoms with Crippen LogP contribution in [0.1, 0.15) is 18.9 Å². The second-order valence-electron chi connectivity index (χ2n) is 4.60. The number of fused-ring (bicyclic) bond motifs is 1. The number of para-hydroxylation sites is 1. The maximum absolute atomic E-state index is 11.4. The van der Waals surface area contributed by atoms with Crippen LogP contribution >= 0.6 is 0 Å². The van der Waals surface area contributed by atoms with Crippen molar-refractivity contribution in [1.29, 1.82) is 0 Å². The molecule has 1 aliphatic heterocycles. The molecule has 0 fully saturated rings. The minimum Gasteiger partial charge on any atom is -0.469 e. The number of nitrogens with zero attached hydrogens (tertiary/aromatic N) is 1. The predicted octanol–water partition coefficient (Wildman–Crippen LogP) is 2.25. The summed E-state index contributed by atoms with van der Waals surface area (Å²) in [5, 5.41) is 0. The normalized spacial score (nSPS) is 16.2. The van der Waals surface area contributed by atoms with E-state index in [0.717, 1.165) is 25.9 Å². The van der Waals surface area contributed by atoms with Crippen LogP contribution in [-0.4, -0.2) is 26.2 Å². The molecule has 0 saturated heterocycles. The van der Waals surface area contributed by atoms with Crippen LogP contribution in [0.25, 0.3) is 0 Å².